The van der Waals surface area contributed by atoms with Crippen LogP contribution in [0.2, 0.25) is 0 Å². The van der Waals surface area contributed by atoms with Crippen molar-refractivity contribution in [1.29, 1.82) is 0 Å². The van der Waals surface area contributed by atoms with Crippen LogP contribution in [0.5, 0.6) is 0 Å². The maximum Gasteiger partial charge on any atom is 0.0471 e. The molecule has 0 aromatic carbocycles. The van der Waals surface area contributed by atoms with Crippen molar-refractivity contribution < 1.29 is 0 Å². The highest BCUT2D eigenvalue weighted by molar-refractivity contribution is 5.15. The Labute approximate surface area is 98.7 Å². The first-order chi connectivity index (χ1) is 7.70. The molecule has 90 valence electrons. The molecule has 0 saturated heterocycles. The first-order valence-corrected chi connectivity index (χ1v) is 6.02. The molecule has 2 N–H and O–H groups in total. The van der Waals surface area contributed by atoms with Crippen molar-refractivity contribution in [1.82, 2.24) is 9.88 Å². The highest BCUT2D eigenvalue weighted by Crippen LogP contribution is 2.21. The van der Waals surface area contributed by atoms with Crippen LogP contribution in [0.4, 0.5) is 0 Å². The maximum absolute atomic E-state index is 5.88. The molecular weight excluding hydrogens is 198 g/mol. The number of nitrogens with zero attached hydrogens (tertiary/aromatic N) is 2. The normalized spacial score (nSPS) is 15.1. The molecular formula is C13H23N3. The lowest BCUT2D eigenvalue weighted by atomic mass is 10.0. The third kappa shape index (κ3) is 3.29. The monoisotopic (exact) mass is 221 g/mol. The topological polar surface area (TPSA) is 42.1 Å². The van der Waals surface area contributed by atoms with Gasteiger partial charge in [0.25, 0.3) is 0 Å². The summed E-state index contributed by atoms with van der Waals surface area (Å²) in [5.41, 5.74) is 7.13. The van der Waals surface area contributed by atoms with Gasteiger partial charge in [-0.15, -0.1) is 0 Å². The fraction of sp³-hybridized carbons (Fsp3) is 0.615. The molecule has 0 fully saturated rings. The zero-order valence-corrected chi connectivity index (χ0v) is 10.6. The standard InChI is InChI=1S/C13H23N3/c1-4-5-11(2)16(3)13(10-14)12-6-8-15-9-7-12/h6-9,11,13H,4-5,10,14H2,1-3H3. The van der Waals surface area contributed by atoms with E-state index in [0.717, 1.165) is 0 Å². The van der Waals surface area contributed by atoms with Crippen molar-refractivity contribution in [3.8, 4) is 0 Å². The predicted octanol–water partition coefficient (Wildman–Crippen LogP) is 2.20. The van der Waals surface area contributed by atoms with E-state index in [4.69, 9.17) is 5.73 Å². The minimum absolute atomic E-state index is 0.296. The Balaban J connectivity index is 2.74. The summed E-state index contributed by atoms with van der Waals surface area (Å²) in [4.78, 5) is 6.40. The van der Waals surface area contributed by atoms with E-state index in [9.17, 15) is 0 Å². The van der Waals surface area contributed by atoms with Crippen molar-refractivity contribution in [2.75, 3.05) is 13.6 Å². The summed E-state index contributed by atoms with van der Waals surface area (Å²) in [6.07, 6.45) is 6.07. The Bertz CT molecular complexity index is 286. The predicted molar refractivity (Wildman–Crippen MR) is 68.2 cm³/mol. The third-order valence-corrected chi connectivity index (χ3v) is 3.21. The average Bonchev–Trinajstić information content (AvgIpc) is 2.31. The molecule has 1 rings (SSSR count). The number of nitrogens with two attached hydrogens (primary N) is 1. The van der Waals surface area contributed by atoms with Gasteiger partial charge in [-0.3, -0.25) is 9.88 Å². The quantitative estimate of drug-likeness (QED) is 0.800. The smallest absolute Gasteiger partial charge is 0.0471 e. The van der Waals surface area contributed by atoms with Crippen molar-refractivity contribution in [3.63, 3.8) is 0 Å². The van der Waals surface area contributed by atoms with Crippen LogP contribution in [-0.2, 0) is 0 Å². The molecule has 0 radical (unpaired) electrons. The van der Waals surface area contributed by atoms with E-state index in [1.54, 1.807) is 0 Å². The molecule has 1 heterocycles. The van der Waals surface area contributed by atoms with Crippen LogP contribution in [0.15, 0.2) is 24.5 Å². The zero-order chi connectivity index (χ0) is 12.0. The SMILES string of the molecule is CCCC(C)N(C)C(CN)c1ccncc1. The second-order valence-corrected chi connectivity index (χ2v) is 4.34. The molecule has 3 heteroatoms. The van der Waals surface area contributed by atoms with Crippen LogP contribution in [0.25, 0.3) is 0 Å². The Morgan fingerprint density at radius 3 is 2.50 bits per heavy atom. The lowest BCUT2D eigenvalue weighted by Gasteiger charge is -2.32. The molecule has 0 saturated carbocycles. The van der Waals surface area contributed by atoms with Gasteiger partial charge < -0.3 is 5.73 Å². The zero-order valence-electron chi connectivity index (χ0n) is 10.6. The molecule has 16 heavy (non-hydrogen) atoms. The summed E-state index contributed by atoms with van der Waals surface area (Å²) in [6.45, 7) is 5.12. The lowest BCUT2D eigenvalue weighted by Crippen LogP contribution is -2.37. The molecule has 0 aliphatic carbocycles. The number of aromatic nitrogens is 1. The Morgan fingerprint density at radius 2 is 2.00 bits per heavy atom. The summed E-state index contributed by atoms with van der Waals surface area (Å²) in [5, 5.41) is 0. The van der Waals surface area contributed by atoms with Gasteiger partial charge in [-0.25, -0.2) is 0 Å². The lowest BCUT2D eigenvalue weighted by molar-refractivity contribution is 0.179. The third-order valence-electron chi connectivity index (χ3n) is 3.21. The summed E-state index contributed by atoms with van der Waals surface area (Å²) in [6, 6.07) is 4.95. The van der Waals surface area contributed by atoms with Crippen LogP contribution in [0.3, 0.4) is 0 Å². The van der Waals surface area contributed by atoms with E-state index < -0.39 is 0 Å². The van der Waals surface area contributed by atoms with Crippen molar-refractivity contribution in [2.24, 2.45) is 5.73 Å². The first-order valence-electron chi connectivity index (χ1n) is 6.02. The Kier molecular flexibility index (Phi) is 5.43. The largest absolute Gasteiger partial charge is 0.329 e. The fourth-order valence-electron chi connectivity index (χ4n) is 2.05. The molecule has 0 spiro atoms. The van der Waals surface area contributed by atoms with Gasteiger partial charge in [0.2, 0.25) is 0 Å². The second-order valence-electron chi connectivity index (χ2n) is 4.34. The van der Waals surface area contributed by atoms with Crippen molar-refractivity contribution in [3.05, 3.63) is 30.1 Å². The molecule has 0 bridgehead atoms. The van der Waals surface area contributed by atoms with Crippen molar-refractivity contribution >= 4 is 0 Å². The first kappa shape index (κ1) is 13.1. The van der Waals surface area contributed by atoms with Gasteiger partial charge in [0, 0.05) is 31.0 Å². The van der Waals surface area contributed by atoms with Gasteiger partial charge in [-0.2, -0.15) is 0 Å². The van der Waals surface area contributed by atoms with E-state index in [0.29, 0.717) is 18.6 Å². The minimum Gasteiger partial charge on any atom is -0.329 e. The summed E-state index contributed by atoms with van der Waals surface area (Å²) >= 11 is 0. The van der Waals surface area contributed by atoms with Crippen LogP contribution >= 0.6 is 0 Å². The van der Waals surface area contributed by atoms with E-state index >= 15 is 0 Å². The van der Waals surface area contributed by atoms with Gasteiger partial charge in [-0.1, -0.05) is 13.3 Å². The van der Waals surface area contributed by atoms with Gasteiger partial charge in [0.15, 0.2) is 0 Å². The summed E-state index contributed by atoms with van der Waals surface area (Å²) in [7, 11) is 2.15. The van der Waals surface area contributed by atoms with E-state index in [1.807, 2.05) is 24.5 Å². The van der Waals surface area contributed by atoms with Gasteiger partial charge >= 0.3 is 0 Å². The van der Waals surface area contributed by atoms with Crippen LogP contribution in [-0.4, -0.2) is 29.5 Å². The number of pyridine rings is 1. The van der Waals surface area contributed by atoms with Crippen LogP contribution in [0.1, 0.15) is 38.3 Å². The number of rotatable bonds is 6. The number of likely N-dealkylation sites (N-methyl/N-ethyl adjacent to an activating group) is 1. The second kappa shape index (κ2) is 6.61. The fourth-order valence-corrected chi connectivity index (χ4v) is 2.05. The molecule has 0 aliphatic rings. The molecule has 1 aromatic heterocycles. The summed E-state index contributed by atoms with van der Waals surface area (Å²) < 4.78 is 0. The van der Waals surface area contributed by atoms with E-state index in [-0.39, 0.29) is 0 Å². The van der Waals surface area contributed by atoms with Gasteiger partial charge in [-0.05, 0) is 38.1 Å². The number of hydrogen-bond acceptors (Lipinski definition) is 3. The van der Waals surface area contributed by atoms with Crippen molar-refractivity contribution in [2.45, 2.75) is 38.8 Å². The average molecular weight is 221 g/mol. The van der Waals surface area contributed by atoms with E-state index in [2.05, 4.69) is 30.8 Å². The highest BCUT2D eigenvalue weighted by Gasteiger charge is 2.19. The minimum atomic E-state index is 0.296. The highest BCUT2D eigenvalue weighted by atomic mass is 15.2. The summed E-state index contributed by atoms with van der Waals surface area (Å²) in [5.74, 6) is 0. The maximum atomic E-state index is 5.88. The molecule has 1 aromatic rings. The van der Waals surface area contributed by atoms with E-state index in [1.165, 1.54) is 18.4 Å². The van der Waals surface area contributed by atoms with Gasteiger partial charge in [0.1, 0.15) is 0 Å². The Morgan fingerprint density at radius 1 is 1.38 bits per heavy atom. The Hall–Kier alpha value is -0.930. The van der Waals surface area contributed by atoms with Crippen LogP contribution < -0.4 is 5.73 Å². The number of hydrogen-bond donors (Lipinski definition) is 1. The molecule has 3 nitrogen and oxygen atoms in total. The molecule has 0 aliphatic heterocycles. The van der Waals surface area contributed by atoms with Crippen LogP contribution in [0, 0.1) is 0 Å². The molecule has 0 amide bonds. The molecule has 2 unspecified atom stereocenters. The molecule has 2 atom stereocenters. The van der Waals surface area contributed by atoms with Gasteiger partial charge in [0.05, 0.1) is 0 Å².